The van der Waals surface area contributed by atoms with Crippen molar-refractivity contribution in [2.75, 3.05) is 6.54 Å². The average molecular weight is 175 g/mol. The summed E-state index contributed by atoms with van der Waals surface area (Å²) in [4.78, 5) is 0. The lowest BCUT2D eigenvalue weighted by molar-refractivity contribution is 1.01. The van der Waals surface area contributed by atoms with Crippen molar-refractivity contribution in [3.8, 4) is 0 Å². The SMILES string of the molecule is CC(=CCCN)c1cccc(C)c1. The van der Waals surface area contributed by atoms with Gasteiger partial charge in [-0.25, -0.2) is 0 Å². The van der Waals surface area contributed by atoms with Crippen molar-refractivity contribution in [3.63, 3.8) is 0 Å². The highest BCUT2D eigenvalue weighted by molar-refractivity contribution is 5.64. The van der Waals surface area contributed by atoms with Gasteiger partial charge >= 0.3 is 0 Å². The molecule has 1 rings (SSSR count). The number of hydrogen-bond acceptors (Lipinski definition) is 1. The summed E-state index contributed by atoms with van der Waals surface area (Å²) < 4.78 is 0. The van der Waals surface area contributed by atoms with Crippen molar-refractivity contribution in [1.82, 2.24) is 0 Å². The summed E-state index contributed by atoms with van der Waals surface area (Å²) in [7, 11) is 0. The summed E-state index contributed by atoms with van der Waals surface area (Å²) >= 11 is 0. The lowest BCUT2D eigenvalue weighted by atomic mass is 10.0. The monoisotopic (exact) mass is 175 g/mol. The van der Waals surface area contributed by atoms with E-state index in [0.717, 1.165) is 13.0 Å². The number of rotatable bonds is 3. The molecule has 0 radical (unpaired) electrons. The fourth-order valence-electron chi connectivity index (χ4n) is 1.31. The van der Waals surface area contributed by atoms with Crippen LogP contribution in [0.4, 0.5) is 0 Å². The minimum atomic E-state index is 0.725. The molecule has 0 saturated carbocycles. The molecule has 1 aromatic carbocycles. The molecule has 1 aromatic rings. The van der Waals surface area contributed by atoms with Crippen molar-refractivity contribution in [1.29, 1.82) is 0 Å². The topological polar surface area (TPSA) is 26.0 Å². The van der Waals surface area contributed by atoms with Crippen molar-refractivity contribution in [2.24, 2.45) is 5.73 Å². The molecule has 1 heteroatoms. The van der Waals surface area contributed by atoms with Crippen LogP contribution in [0, 0.1) is 6.92 Å². The van der Waals surface area contributed by atoms with E-state index < -0.39 is 0 Å². The molecular weight excluding hydrogens is 158 g/mol. The Labute approximate surface area is 80.3 Å². The zero-order chi connectivity index (χ0) is 9.68. The Morgan fingerprint density at radius 2 is 2.23 bits per heavy atom. The quantitative estimate of drug-likeness (QED) is 0.751. The Morgan fingerprint density at radius 3 is 2.85 bits per heavy atom. The third-order valence-corrected chi connectivity index (χ3v) is 2.09. The van der Waals surface area contributed by atoms with E-state index in [9.17, 15) is 0 Å². The van der Waals surface area contributed by atoms with Crippen LogP contribution >= 0.6 is 0 Å². The minimum Gasteiger partial charge on any atom is -0.330 e. The summed E-state index contributed by atoms with van der Waals surface area (Å²) in [5.41, 5.74) is 9.36. The van der Waals surface area contributed by atoms with Gasteiger partial charge < -0.3 is 5.73 Å². The fraction of sp³-hybridized carbons (Fsp3) is 0.333. The maximum absolute atomic E-state index is 5.44. The van der Waals surface area contributed by atoms with Crippen molar-refractivity contribution in [2.45, 2.75) is 20.3 Å². The van der Waals surface area contributed by atoms with Crippen molar-refractivity contribution in [3.05, 3.63) is 41.5 Å². The molecule has 0 aromatic heterocycles. The molecule has 0 aliphatic rings. The van der Waals surface area contributed by atoms with Crippen LogP contribution in [0.3, 0.4) is 0 Å². The van der Waals surface area contributed by atoms with Gasteiger partial charge in [0, 0.05) is 0 Å². The molecular formula is C12H17N. The van der Waals surface area contributed by atoms with Gasteiger partial charge in [0.05, 0.1) is 0 Å². The van der Waals surface area contributed by atoms with E-state index in [1.54, 1.807) is 0 Å². The third-order valence-electron chi connectivity index (χ3n) is 2.09. The summed E-state index contributed by atoms with van der Waals surface area (Å²) in [6.07, 6.45) is 3.15. The van der Waals surface area contributed by atoms with Gasteiger partial charge in [0.25, 0.3) is 0 Å². The van der Waals surface area contributed by atoms with Gasteiger partial charge in [-0.15, -0.1) is 0 Å². The molecule has 2 N–H and O–H groups in total. The molecule has 0 unspecified atom stereocenters. The van der Waals surface area contributed by atoms with Crippen LogP contribution in [0.1, 0.15) is 24.5 Å². The normalized spacial score (nSPS) is 11.8. The Bertz CT molecular complexity index is 300. The van der Waals surface area contributed by atoms with Gasteiger partial charge in [-0.3, -0.25) is 0 Å². The number of allylic oxidation sites excluding steroid dienone is 1. The zero-order valence-electron chi connectivity index (χ0n) is 8.38. The van der Waals surface area contributed by atoms with Crippen LogP contribution in [0.15, 0.2) is 30.3 Å². The predicted octanol–water partition coefficient (Wildman–Crippen LogP) is 2.75. The van der Waals surface area contributed by atoms with E-state index in [1.165, 1.54) is 16.7 Å². The standard InChI is InChI=1S/C12H17N/c1-10-5-3-7-12(9-10)11(2)6-4-8-13/h3,5-7,9H,4,8,13H2,1-2H3. The van der Waals surface area contributed by atoms with Crippen LogP contribution in [0.25, 0.3) is 5.57 Å². The number of nitrogens with two attached hydrogens (primary N) is 1. The summed E-state index contributed by atoms with van der Waals surface area (Å²) in [6, 6.07) is 8.53. The average Bonchev–Trinajstić information content (AvgIpc) is 2.14. The molecule has 0 saturated heterocycles. The van der Waals surface area contributed by atoms with E-state index >= 15 is 0 Å². The van der Waals surface area contributed by atoms with Crippen LogP contribution in [0.5, 0.6) is 0 Å². The second kappa shape index (κ2) is 4.83. The van der Waals surface area contributed by atoms with Gasteiger partial charge in [0.1, 0.15) is 0 Å². The van der Waals surface area contributed by atoms with E-state index in [4.69, 9.17) is 5.73 Å². The lowest BCUT2D eigenvalue weighted by Crippen LogP contribution is -1.95. The molecule has 0 bridgehead atoms. The van der Waals surface area contributed by atoms with Gasteiger partial charge in [-0.1, -0.05) is 35.9 Å². The summed E-state index contributed by atoms with van der Waals surface area (Å²) in [6.45, 7) is 4.97. The first kappa shape index (κ1) is 10.0. The maximum Gasteiger partial charge on any atom is -0.00424 e. The third kappa shape index (κ3) is 3.03. The Morgan fingerprint density at radius 1 is 1.46 bits per heavy atom. The van der Waals surface area contributed by atoms with Gasteiger partial charge in [0.2, 0.25) is 0 Å². The Hall–Kier alpha value is -1.08. The largest absolute Gasteiger partial charge is 0.330 e. The van der Waals surface area contributed by atoms with Crippen LogP contribution in [-0.4, -0.2) is 6.54 Å². The van der Waals surface area contributed by atoms with Gasteiger partial charge in [0.15, 0.2) is 0 Å². The zero-order valence-corrected chi connectivity index (χ0v) is 8.38. The Balaban J connectivity index is 2.82. The fourth-order valence-corrected chi connectivity index (χ4v) is 1.31. The van der Waals surface area contributed by atoms with E-state index in [2.05, 4.69) is 44.2 Å². The lowest BCUT2D eigenvalue weighted by Gasteiger charge is -2.02. The second-order valence-electron chi connectivity index (χ2n) is 3.33. The van der Waals surface area contributed by atoms with E-state index in [1.807, 2.05) is 0 Å². The first-order valence-electron chi connectivity index (χ1n) is 4.68. The van der Waals surface area contributed by atoms with Crippen LogP contribution < -0.4 is 5.73 Å². The second-order valence-corrected chi connectivity index (χ2v) is 3.33. The molecule has 0 aliphatic heterocycles. The predicted molar refractivity (Wildman–Crippen MR) is 58.5 cm³/mol. The van der Waals surface area contributed by atoms with Gasteiger partial charge in [-0.2, -0.15) is 0 Å². The molecule has 0 fully saturated rings. The van der Waals surface area contributed by atoms with Crippen molar-refractivity contribution >= 4 is 5.57 Å². The molecule has 13 heavy (non-hydrogen) atoms. The highest BCUT2D eigenvalue weighted by Crippen LogP contribution is 2.15. The molecule has 1 nitrogen and oxygen atoms in total. The minimum absolute atomic E-state index is 0.725. The number of aryl methyl sites for hydroxylation is 1. The molecule has 0 heterocycles. The van der Waals surface area contributed by atoms with E-state index in [-0.39, 0.29) is 0 Å². The highest BCUT2D eigenvalue weighted by atomic mass is 14.5. The van der Waals surface area contributed by atoms with Gasteiger partial charge in [-0.05, 0) is 37.9 Å². The van der Waals surface area contributed by atoms with Crippen LogP contribution in [-0.2, 0) is 0 Å². The van der Waals surface area contributed by atoms with Crippen molar-refractivity contribution < 1.29 is 0 Å². The maximum atomic E-state index is 5.44. The molecule has 70 valence electrons. The number of hydrogen-bond donors (Lipinski definition) is 1. The Kier molecular flexibility index (Phi) is 3.71. The highest BCUT2D eigenvalue weighted by Gasteiger charge is 1.94. The van der Waals surface area contributed by atoms with E-state index in [0.29, 0.717) is 0 Å². The van der Waals surface area contributed by atoms with Crippen LogP contribution in [0.2, 0.25) is 0 Å². The smallest absolute Gasteiger partial charge is 0.00424 e. The first-order chi connectivity index (χ1) is 6.24. The molecule has 0 aliphatic carbocycles. The molecule has 0 spiro atoms. The summed E-state index contributed by atoms with van der Waals surface area (Å²) in [5.74, 6) is 0. The summed E-state index contributed by atoms with van der Waals surface area (Å²) in [5, 5.41) is 0. The number of benzene rings is 1. The first-order valence-corrected chi connectivity index (χ1v) is 4.68. The molecule has 0 amide bonds. The molecule has 0 atom stereocenters.